The third-order valence-electron chi connectivity index (χ3n) is 3.47. The lowest BCUT2D eigenvalue weighted by Gasteiger charge is -2.05. The average molecular weight is 357 g/mol. The lowest BCUT2D eigenvalue weighted by atomic mass is 10.1. The van der Waals surface area contributed by atoms with E-state index >= 15 is 0 Å². The summed E-state index contributed by atoms with van der Waals surface area (Å²) in [6, 6.07) is 14.1. The van der Waals surface area contributed by atoms with Crippen molar-refractivity contribution >= 4 is 17.7 Å². The molecular formula is C18H16FN3O2S. The standard InChI is InChI=1S/C18H16FN3O2S/c1-12-6-8-13(9-7-12)17-21-22-18(24-17)25-11-16(23)20-10-14-4-2-3-5-15(14)19/h2-9H,10-11H2,1H3,(H,20,23). The Kier molecular flexibility index (Phi) is 5.45. The monoisotopic (exact) mass is 357 g/mol. The number of benzene rings is 2. The van der Waals surface area contributed by atoms with Gasteiger partial charge in [-0.05, 0) is 25.1 Å². The molecule has 128 valence electrons. The van der Waals surface area contributed by atoms with Gasteiger partial charge in [0.05, 0.1) is 5.75 Å². The summed E-state index contributed by atoms with van der Waals surface area (Å²) in [6.45, 7) is 2.14. The molecule has 0 fully saturated rings. The highest BCUT2D eigenvalue weighted by Gasteiger charge is 2.11. The molecule has 0 aliphatic carbocycles. The van der Waals surface area contributed by atoms with Crippen LogP contribution in [-0.2, 0) is 11.3 Å². The summed E-state index contributed by atoms with van der Waals surface area (Å²) in [5, 5.41) is 10.9. The number of halogens is 1. The largest absolute Gasteiger partial charge is 0.411 e. The minimum Gasteiger partial charge on any atom is -0.411 e. The Morgan fingerprint density at radius 3 is 2.68 bits per heavy atom. The van der Waals surface area contributed by atoms with Gasteiger partial charge in [-0.1, -0.05) is 47.7 Å². The number of nitrogens with zero attached hydrogens (tertiary/aromatic N) is 2. The van der Waals surface area contributed by atoms with Gasteiger partial charge in [0, 0.05) is 17.7 Å². The van der Waals surface area contributed by atoms with Crippen LogP contribution in [0.15, 0.2) is 58.2 Å². The first-order chi connectivity index (χ1) is 12.1. The predicted octanol–water partition coefficient (Wildman–Crippen LogP) is 3.59. The van der Waals surface area contributed by atoms with Crippen molar-refractivity contribution < 1.29 is 13.6 Å². The van der Waals surface area contributed by atoms with E-state index in [1.807, 2.05) is 31.2 Å². The van der Waals surface area contributed by atoms with Gasteiger partial charge in [-0.2, -0.15) is 0 Å². The Labute approximate surface area is 148 Å². The summed E-state index contributed by atoms with van der Waals surface area (Å²) in [7, 11) is 0. The summed E-state index contributed by atoms with van der Waals surface area (Å²) in [6.07, 6.45) is 0. The maximum Gasteiger partial charge on any atom is 0.277 e. The number of hydrogen-bond donors (Lipinski definition) is 1. The van der Waals surface area contributed by atoms with Crippen LogP contribution in [0.25, 0.3) is 11.5 Å². The second-order valence-corrected chi connectivity index (χ2v) is 6.32. The molecule has 0 aliphatic heterocycles. The predicted molar refractivity (Wildman–Crippen MR) is 93.4 cm³/mol. The van der Waals surface area contributed by atoms with Crippen LogP contribution in [0.2, 0.25) is 0 Å². The topological polar surface area (TPSA) is 68.0 Å². The molecule has 1 N–H and O–H groups in total. The third kappa shape index (κ3) is 4.67. The molecule has 3 aromatic rings. The Morgan fingerprint density at radius 2 is 1.92 bits per heavy atom. The van der Waals surface area contributed by atoms with E-state index in [4.69, 9.17) is 4.42 Å². The molecular weight excluding hydrogens is 341 g/mol. The summed E-state index contributed by atoms with van der Waals surface area (Å²) in [4.78, 5) is 11.9. The van der Waals surface area contributed by atoms with Crippen LogP contribution in [0, 0.1) is 12.7 Å². The molecule has 1 heterocycles. The lowest BCUT2D eigenvalue weighted by Crippen LogP contribution is -2.25. The van der Waals surface area contributed by atoms with Crippen molar-refractivity contribution in [3.8, 4) is 11.5 Å². The second kappa shape index (κ2) is 7.94. The SMILES string of the molecule is Cc1ccc(-c2nnc(SCC(=O)NCc3ccccc3F)o2)cc1. The van der Waals surface area contributed by atoms with Crippen molar-refractivity contribution in [2.75, 3.05) is 5.75 Å². The number of amides is 1. The van der Waals surface area contributed by atoms with Crippen molar-refractivity contribution in [2.45, 2.75) is 18.7 Å². The zero-order chi connectivity index (χ0) is 17.6. The van der Waals surface area contributed by atoms with Gasteiger partial charge in [0.25, 0.3) is 5.22 Å². The Balaban J connectivity index is 1.51. The highest BCUT2D eigenvalue weighted by Crippen LogP contribution is 2.23. The van der Waals surface area contributed by atoms with E-state index in [9.17, 15) is 9.18 Å². The lowest BCUT2D eigenvalue weighted by molar-refractivity contribution is -0.118. The molecule has 0 aliphatic rings. The van der Waals surface area contributed by atoms with Crippen molar-refractivity contribution in [1.29, 1.82) is 0 Å². The van der Waals surface area contributed by atoms with Crippen LogP contribution in [0.4, 0.5) is 4.39 Å². The van der Waals surface area contributed by atoms with Gasteiger partial charge in [-0.3, -0.25) is 4.79 Å². The third-order valence-corrected chi connectivity index (χ3v) is 4.28. The minimum atomic E-state index is -0.338. The van der Waals surface area contributed by atoms with Crippen LogP contribution in [-0.4, -0.2) is 21.9 Å². The number of rotatable bonds is 6. The summed E-state index contributed by atoms with van der Waals surface area (Å²) < 4.78 is 19.0. The zero-order valence-electron chi connectivity index (χ0n) is 13.5. The number of thioether (sulfide) groups is 1. The molecule has 1 aromatic heterocycles. The normalized spacial score (nSPS) is 10.6. The molecule has 0 atom stereocenters. The molecule has 2 aromatic carbocycles. The Bertz CT molecular complexity index is 865. The first-order valence-electron chi connectivity index (χ1n) is 7.65. The van der Waals surface area contributed by atoms with Crippen LogP contribution in [0.3, 0.4) is 0 Å². The molecule has 0 spiro atoms. The first kappa shape index (κ1) is 17.2. The van der Waals surface area contributed by atoms with E-state index < -0.39 is 0 Å². The number of aryl methyl sites for hydroxylation is 1. The molecule has 7 heteroatoms. The fourth-order valence-corrected chi connectivity index (χ4v) is 2.69. The van der Waals surface area contributed by atoms with Gasteiger partial charge in [0.15, 0.2) is 0 Å². The molecule has 0 radical (unpaired) electrons. The fourth-order valence-electron chi connectivity index (χ4n) is 2.09. The fraction of sp³-hybridized carbons (Fsp3) is 0.167. The maximum absolute atomic E-state index is 13.5. The van der Waals surface area contributed by atoms with Gasteiger partial charge in [0.2, 0.25) is 11.8 Å². The van der Waals surface area contributed by atoms with Gasteiger partial charge in [-0.25, -0.2) is 4.39 Å². The minimum absolute atomic E-state index is 0.115. The number of carbonyl (C=O) groups is 1. The van der Waals surface area contributed by atoms with Crippen molar-refractivity contribution in [3.05, 3.63) is 65.5 Å². The van der Waals surface area contributed by atoms with Crippen LogP contribution < -0.4 is 5.32 Å². The van der Waals surface area contributed by atoms with Gasteiger partial charge in [0.1, 0.15) is 5.82 Å². The number of nitrogens with one attached hydrogen (secondary N) is 1. The van der Waals surface area contributed by atoms with E-state index in [1.165, 1.54) is 6.07 Å². The highest BCUT2D eigenvalue weighted by molar-refractivity contribution is 7.99. The highest BCUT2D eigenvalue weighted by atomic mass is 32.2. The van der Waals surface area contributed by atoms with E-state index in [2.05, 4.69) is 15.5 Å². The maximum atomic E-state index is 13.5. The van der Waals surface area contributed by atoms with Gasteiger partial charge >= 0.3 is 0 Å². The molecule has 0 unspecified atom stereocenters. The smallest absolute Gasteiger partial charge is 0.277 e. The van der Waals surface area contributed by atoms with Crippen LogP contribution in [0.1, 0.15) is 11.1 Å². The molecule has 0 saturated heterocycles. The number of carbonyl (C=O) groups excluding carboxylic acids is 1. The number of aromatic nitrogens is 2. The van der Waals surface area contributed by atoms with Gasteiger partial charge < -0.3 is 9.73 Å². The van der Waals surface area contributed by atoms with Gasteiger partial charge in [-0.15, -0.1) is 10.2 Å². The first-order valence-corrected chi connectivity index (χ1v) is 8.64. The molecule has 0 bridgehead atoms. The van der Waals surface area contributed by atoms with E-state index in [1.54, 1.807) is 18.2 Å². The molecule has 5 nitrogen and oxygen atoms in total. The quantitative estimate of drug-likeness (QED) is 0.683. The molecule has 0 saturated carbocycles. The Morgan fingerprint density at radius 1 is 1.16 bits per heavy atom. The zero-order valence-corrected chi connectivity index (χ0v) is 14.3. The molecule has 25 heavy (non-hydrogen) atoms. The van der Waals surface area contributed by atoms with Crippen molar-refractivity contribution in [3.63, 3.8) is 0 Å². The average Bonchev–Trinajstić information content (AvgIpc) is 3.09. The summed E-state index contributed by atoms with van der Waals surface area (Å²) in [5.41, 5.74) is 2.42. The van der Waals surface area contributed by atoms with E-state index in [0.717, 1.165) is 22.9 Å². The number of hydrogen-bond acceptors (Lipinski definition) is 5. The Hall–Kier alpha value is -2.67. The van der Waals surface area contributed by atoms with Crippen LogP contribution >= 0.6 is 11.8 Å². The van der Waals surface area contributed by atoms with Crippen LogP contribution in [0.5, 0.6) is 0 Å². The van der Waals surface area contributed by atoms with Crippen molar-refractivity contribution in [1.82, 2.24) is 15.5 Å². The molecule has 1 amide bonds. The summed E-state index contributed by atoms with van der Waals surface area (Å²) >= 11 is 1.14. The molecule has 3 rings (SSSR count). The van der Waals surface area contributed by atoms with E-state index in [0.29, 0.717) is 16.7 Å². The second-order valence-electron chi connectivity index (χ2n) is 5.40. The van der Waals surface area contributed by atoms with E-state index in [-0.39, 0.29) is 24.0 Å². The van der Waals surface area contributed by atoms with Crippen molar-refractivity contribution in [2.24, 2.45) is 0 Å². The summed E-state index contributed by atoms with van der Waals surface area (Å²) in [5.74, 6) is -0.0445.